The van der Waals surface area contributed by atoms with Crippen molar-refractivity contribution in [2.24, 2.45) is 0 Å². The Balaban J connectivity index is 1.57. The summed E-state index contributed by atoms with van der Waals surface area (Å²) in [6.07, 6.45) is -4.02. The number of amides is 1. The lowest BCUT2D eigenvalue weighted by atomic mass is 10.0. The molecule has 1 saturated heterocycles. The number of alkyl halides is 3. The number of carbonyl (C=O) groups excluding carboxylic acids is 1. The van der Waals surface area contributed by atoms with Crippen LogP contribution in [0.3, 0.4) is 0 Å². The van der Waals surface area contributed by atoms with Gasteiger partial charge in [-0.15, -0.1) is 0 Å². The molecule has 0 N–H and O–H groups in total. The maximum Gasteiger partial charge on any atom is 0.416 e. The number of halogens is 3. The Morgan fingerprint density at radius 3 is 2.50 bits per heavy atom. The molecule has 2 aromatic carbocycles. The van der Waals surface area contributed by atoms with Crippen molar-refractivity contribution in [2.45, 2.75) is 44.7 Å². The van der Waals surface area contributed by atoms with E-state index in [-0.39, 0.29) is 30.3 Å². The molecular formula is C22H24F3NO4. The number of piperidine rings is 1. The summed E-state index contributed by atoms with van der Waals surface area (Å²) in [7, 11) is 1.30. The van der Waals surface area contributed by atoms with E-state index in [1.807, 2.05) is 37.3 Å². The predicted molar refractivity (Wildman–Crippen MR) is 104 cm³/mol. The summed E-state index contributed by atoms with van der Waals surface area (Å²) in [5.74, 6) is 0.282. The van der Waals surface area contributed by atoms with E-state index in [1.165, 1.54) is 13.2 Å². The molecule has 1 aliphatic heterocycles. The van der Waals surface area contributed by atoms with Crippen molar-refractivity contribution in [3.63, 3.8) is 0 Å². The largest absolute Gasteiger partial charge is 0.493 e. The second kappa shape index (κ2) is 9.28. The summed E-state index contributed by atoms with van der Waals surface area (Å²) in [6, 6.07) is 12.5. The monoisotopic (exact) mass is 423 g/mol. The SMILES string of the molecule is COc1cc(C(F)(F)F)ccc1OC1CCN(C(=O)OCc2ccccc2)C(C)C1. The van der Waals surface area contributed by atoms with E-state index >= 15 is 0 Å². The predicted octanol–water partition coefficient (Wildman–Crippen LogP) is 5.28. The van der Waals surface area contributed by atoms with Gasteiger partial charge in [0.25, 0.3) is 0 Å². The molecular weight excluding hydrogens is 399 g/mol. The highest BCUT2D eigenvalue weighted by molar-refractivity contribution is 5.68. The molecule has 162 valence electrons. The molecule has 0 bridgehead atoms. The summed E-state index contributed by atoms with van der Waals surface area (Å²) in [5, 5.41) is 0. The van der Waals surface area contributed by atoms with Crippen LogP contribution in [0.2, 0.25) is 0 Å². The third-order valence-electron chi connectivity index (χ3n) is 5.05. The number of benzene rings is 2. The van der Waals surface area contributed by atoms with Gasteiger partial charge in [0.2, 0.25) is 0 Å². The lowest BCUT2D eigenvalue weighted by molar-refractivity contribution is -0.137. The fourth-order valence-electron chi connectivity index (χ4n) is 3.43. The lowest BCUT2D eigenvalue weighted by Crippen LogP contribution is -2.47. The van der Waals surface area contributed by atoms with Gasteiger partial charge in [-0.3, -0.25) is 0 Å². The van der Waals surface area contributed by atoms with Gasteiger partial charge in [-0.2, -0.15) is 13.2 Å². The molecule has 0 saturated carbocycles. The van der Waals surface area contributed by atoms with Crippen LogP contribution in [0.4, 0.5) is 18.0 Å². The van der Waals surface area contributed by atoms with Gasteiger partial charge >= 0.3 is 12.3 Å². The first-order valence-electron chi connectivity index (χ1n) is 9.67. The standard InChI is InChI=1S/C22H24F3NO4/c1-15-12-18(30-19-9-8-17(22(23,24)25)13-20(19)28-2)10-11-26(15)21(27)29-14-16-6-4-3-5-7-16/h3-9,13,15,18H,10-12,14H2,1-2H3. The third-order valence-corrected chi connectivity index (χ3v) is 5.05. The highest BCUT2D eigenvalue weighted by atomic mass is 19.4. The van der Waals surface area contributed by atoms with E-state index in [9.17, 15) is 18.0 Å². The fraction of sp³-hybridized carbons (Fsp3) is 0.409. The van der Waals surface area contributed by atoms with Crippen molar-refractivity contribution < 1.29 is 32.2 Å². The summed E-state index contributed by atoms with van der Waals surface area (Å²) >= 11 is 0. The molecule has 30 heavy (non-hydrogen) atoms. The molecule has 0 aliphatic carbocycles. The third kappa shape index (κ3) is 5.37. The number of carbonyl (C=O) groups is 1. The quantitative estimate of drug-likeness (QED) is 0.656. The minimum Gasteiger partial charge on any atom is -0.493 e. The molecule has 1 heterocycles. The first-order valence-corrected chi connectivity index (χ1v) is 9.67. The maximum atomic E-state index is 12.9. The Bertz CT molecular complexity index is 857. The highest BCUT2D eigenvalue weighted by Gasteiger charge is 2.33. The molecule has 0 aromatic heterocycles. The van der Waals surface area contributed by atoms with Gasteiger partial charge in [0, 0.05) is 25.4 Å². The molecule has 0 radical (unpaired) electrons. The van der Waals surface area contributed by atoms with Crippen LogP contribution in [0.1, 0.15) is 30.9 Å². The average molecular weight is 423 g/mol. The molecule has 1 aliphatic rings. The molecule has 3 rings (SSSR count). The first-order chi connectivity index (χ1) is 14.3. The van der Waals surface area contributed by atoms with Crippen LogP contribution < -0.4 is 9.47 Å². The summed E-state index contributed by atoms with van der Waals surface area (Å²) < 4.78 is 55.0. The molecule has 0 spiro atoms. The van der Waals surface area contributed by atoms with Crippen LogP contribution in [-0.2, 0) is 17.5 Å². The molecule has 8 heteroatoms. The number of ether oxygens (including phenoxy) is 3. The number of rotatable bonds is 5. The van der Waals surface area contributed by atoms with Crippen molar-refractivity contribution in [1.82, 2.24) is 4.90 Å². The number of methoxy groups -OCH3 is 1. The lowest BCUT2D eigenvalue weighted by Gasteiger charge is -2.37. The molecule has 1 fully saturated rings. The molecule has 2 atom stereocenters. The zero-order valence-corrected chi connectivity index (χ0v) is 16.8. The fourth-order valence-corrected chi connectivity index (χ4v) is 3.43. The van der Waals surface area contributed by atoms with Crippen LogP contribution in [0.25, 0.3) is 0 Å². The molecule has 5 nitrogen and oxygen atoms in total. The van der Waals surface area contributed by atoms with Crippen molar-refractivity contribution in [3.05, 3.63) is 59.7 Å². The van der Waals surface area contributed by atoms with E-state index in [2.05, 4.69) is 0 Å². The van der Waals surface area contributed by atoms with Crippen LogP contribution in [0.5, 0.6) is 11.5 Å². The van der Waals surface area contributed by atoms with Gasteiger partial charge in [-0.25, -0.2) is 4.79 Å². The second-order valence-corrected chi connectivity index (χ2v) is 7.21. The molecule has 1 amide bonds. The number of hydrogen-bond donors (Lipinski definition) is 0. The summed E-state index contributed by atoms with van der Waals surface area (Å²) in [6.45, 7) is 2.53. The normalized spacial score (nSPS) is 19.3. The van der Waals surface area contributed by atoms with Gasteiger partial charge in [0.15, 0.2) is 11.5 Å². The van der Waals surface area contributed by atoms with Gasteiger partial charge in [0.05, 0.1) is 12.7 Å². The zero-order chi connectivity index (χ0) is 21.7. The smallest absolute Gasteiger partial charge is 0.416 e. The molecule has 2 unspecified atom stereocenters. The summed E-state index contributed by atoms with van der Waals surface area (Å²) in [4.78, 5) is 14.1. The van der Waals surface area contributed by atoms with Crippen molar-refractivity contribution >= 4 is 6.09 Å². The van der Waals surface area contributed by atoms with E-state index in [0.29, 0.717) is 19.4 Å². The van der Waals surface area contributed by atoms with Crippen LogP contribution >= 0.6 is 0 Å². The number of nitrogens with zero attached hydrogens (tertiary/aromatic N) is 1. The van der Waals surface area contributed by atoms with E-state index in [0.717, 1.165) is 17.7 Å². The van der Waals surface area contributed by atoms with Gasteiger partial charge in [-0.1, -0.05) is 30.3 Å². The van der Waals surface area contributed by atoms with Crippen molar-refractivity contribution in [3.8, 4) is 11.5 Å². The number of likely N-dealkylation sites (tertiary alicyclic amines) is 1. The van der Waals surface area contributed by atoms with Crippen LogP contribution in [-0.4, -0.2) is 36.8 Å². The molecule has 2 aromatic rings. The highest BCUT2D eigenvalue weighted by Crippen LogP contribution is 2.37. The number of hydrogen-bond acceptors (Lipinski definition) is 4. The Labute approximate surface area is 173 Å². The van der Waals surface area contributed by atoms with Crippen molar-refractivity contribution in [1.29, 1.82) is 0 Å². The first kappa shape index (κ1) is 21.8. The van der Waals surface area contributed by atoms with E-state index in [1.54, 1.807) is 4.90 Å². The van der Waals surface area contributed by atoms with Gasteiger partial charge < -0.3 is 19.1 Å². The van der Waals surface area contributed by atoms with Crippen LogP contribution in [0, 0.1) is 0 Å². The Morgan fingerprint density at radius 2 is 1.87 bits per heavy atom. The minimum absolute atomic E-state index is 0.0298. The summed E-state index contributed by atoms with van der Waals surface area (Å²) in [5.41, 5.74) is 0.113. The Kier molecular flexibility index (Phi) is 6.74. The van der Waals surface area contributed by atoms with Crippen molar-refractivity contribution in [2.75, 3.05) is 13.7 Å². The van der Waals surface area contributed by atoms with Crippen LogP contribution in [0.15, 0.2) is 48.5 Å². The van der Waals surface area contributed by atoms with E-state index < -0.39 is 17.8 Å². The zero-order valence-electron chi connectivity index (χ0n) is 16.8. The minimum atomic E-state index is -4.45. The maximum absolute atomic E-state index is 12.9. The van der Waals surface area contributed by atoms with Gasteiger partial charge in [0.1, 0.15) is 12.7 Å². The van der Waals surface area contributed by atoms with E-state index in [4.69, 9.17) is 14.2 Å². The Hall–Kier alpha value is -2.90. The average Bonchev–Trinajstić information content (AvgIpc) is 2.72. The second-order valence-electron chi connectivity index (χ2n) is 7.21. The topological polar surface area (TPSA) is 48.0 Å². The Morgan fingerprint density at radius 1 is 1.13 bits per heavy atom. The van der Waals surface area contributed by atoms with Gasteiger partial charge in [-0.05, 0) is 30.7 Å².